The van der Waals surface area contributed by atoms with Crippen LogP contribution >= 0.6 is 0 Å². The normalized spacial score (nSPS) is 18.8. The highest BCUT2D eigenvalue weighted by Gasteiger charge is 2.44. The summed E-state index contributed by atoms with van der Waals surface area (Å²) in [6.07, 6.45) is 0.742. The van der Waals surface area contributed by atoms with E-state index in [-0.39, 0.29) is 42.8 Å². The van der Waals surface area contributed by atoms with Gasteiger partial charge in [0.1, 0.15) is 6.04 Å². The molecule has 0 aliphatic carbocycles. The zero-order chi connectivity index (χ0) is 19.6. The highest BCUT2D eigenvalue weighted by molar-refractivity contribution is 6.23. The largest absolute Gasteiger partial charge is 0.326 e. The van der Waals surface area contributed by atoms with Gasteiger partial charge < -0.3 is 10.2 Å². The van der Waals surface area contributed by atoms with Gasteiger partial charge in [-0.2, -0.15) is 0 Å². The Morgan fingerprint density at radius 3 is 2.67 bits per heavy atom. The molecular formula is C18H16N4O5. The Morgan fingerprint density at radius 2 is 1.96 bits per heavy atom. The predicted octanol–water partition coefficient (Wildman–Crippen LogP) is 0.726. The van der Waals surface area contributed by atoms with Gasteiger partial charge in [-0.3, -0.25) is 34.2 Å². The number of amides is 5. The van der Waals surface area contributed by atoms with E-state index in [9.17, 15) is 24.0 Å². The SMILES string of the molecule is [C-]#[N+]CCCC(=O)Nc1ccc2c(c1)C(=O)N(C1CCC(=O)NC1=O)C2=O. The number of hydrogen-bond donors (Lipinski definition) is 2. The molecule has 1 fully saturated rings. The van der Waals surface area contributed by atoms with Crippen LogP contribution in [-0.4, -0.2) is 47.0 Å². The minimum Gasteiger partial charge on any atom is -0.326 e. The summed E-state index contributed by atoms with van der Waals surface area (Å²) in [5.74, 6) is -2.63. The number of carbonyl (C=O) groups is 5. The van der Waals surface area contributed by atoms with Crippen LogP contribution in [0.15, 0.2) is 18.2 Å². The zero-order valence-corrected chi connectivity index (χ0v) is 14.3. The summed E-state index contributed by atoms with van der Waals surface area (Å²) in [7, 11) is 0. The predicted molar refractivity (Wildman–Crippen MR) is 92.4 cm³/mol. The van der Waals surface area contributed by atoms with Crippen molar-refractivity contribution in [2.24, 2.45) is 0 Å². The summed E-state index contributed by atoms with van der Waals surface area (Å²) in [6, 6.07) is 3.30. The Kier molecular flexibility index (Phi) is 4.98. The lowest BCUT2D eigenvalue weighted by molar-refractivity contribution is -0.136. The molecule has 1 unspecified atom stereocenters. The number of piperidine rings is 1. The summed E-state index contributed by atoms with van der Waals surface area (Å²) in [5.41, 5.74) is 0.604. The summed E-state index contributed by atoms with van der Waals surface area (Å²) >= 11 is 0. The van der Waals surface area contributed by atoms with Gasteiger partial charge in [0.05, 0.1) is 11.1 Å². The van der Waals surface area contributed by atoms with E-state index in [1.165, 1.54) is 18.2 Å². The summed E-state index contributed by atoms with van der Waals surface area (Å²) in [4.78, 5) is 64.4. The highest BCUT2D eigenvalue weighted by atomic mass is 16.2. The molecule has 1 saturated heterocycles. The van der Waals surface area contributed by atoms with Gasteiger partial charge in [0.25, 0.3) is 11.8 Å². The first-order chi connectivity index (χ1) is 12.9. The van der Waals surface area contributed by atoms with Gasteiger partial charge in [0.2, 0.25) is 24.3 Å². The molecular weight excluding hydrogens is 352 g/mol. The van der Waals surface area contributed by atoms with E-state index in [1.54, 1.807) is 0 Å². The smallest absolute Gasteiger partial charge is 0.262 e. The molecule has 0 aromatic heterocycles. The third kappa shape index (κ3) is 3.55. The van der Waals surface area contributed by atoms with Crippen LogP contribution in [0.3, 0.4) is 0 Å². The lowest BCUT2D eigenvalue weighted by Crippen LogP contribution is -2.54. The van der Waals surface area contributed by atoms with Crippen molar-refractivity contribution < 1.29 is 24.0 Å². The molecule has 138 valence electrons. The fraction of sp³-hybridized carbons (Fsp3) is 0.333. The molecule has 9 heteroatoms. The van der Waals surface area contributed by atoms with Gasteiger partial charge in [0.15, 0.2) is 0 Å². The average molecular weight is 368 g/mol. The maximum Gasteiger partial charge on any atom is 0.262 e. The number of fused-ring (bicyclic) bond motifs is 1. The quantitative estimate of drug-likeness (QED) is 0.451. The van der Waals surface area contributed by atoms with Gasteiger partial charge in [0, 0.05) is 24.9 Å². The van der Waals surface area contributed by atoms with Crippen molar-refractivity contribution in [3.8, 4) is 0 Å². The van der Waals surface area contributed by atoms with Crippen LogP contribution in [0.5, 0.6) is 0 Å². The molecule has 9 nitrogen and oxygen atoms in total. The topological polar surface area (TPSA) is 117 Å². The van der Waals surface area contributed by atoms with Crippen LogP contribution in [-0.2, 0) is 14.4 Å². The number of hydrogen-bond acceptors (Lipinski definition) is 5. The Bertz CT molecular complexity index is 902. The number of imide groups is 2. The number of carbonyl (C=O) groups excluding carboxylic acids is 5. The van der Waals surface area contributed by atoms with Crippen molar-refractivity contribution in [3.05, 3.63) is 40.7 Å². The molecule has 3 rings (SSSR count). The van der Waals surface area contributed by atoms with Crippen LogP contribution in [0.4, 0.5) is 5.69 Å². The van der Waals surface area contributed by atoms with Crippen LogP contribution in [0, 0.1) is 6.57 Å². The van der Waals surface area contributed by atoms with E-state index in [0.29, 0.717) is 12.1 Å². The third-order valence-electron chi connectivity index (χ3n) is 4.40. The molecule has 2 aliphatic heterocycles. The summed E-state index contributed by atoms with van der Waals surface area (Å²) < 4.78 is 0. The minimum atomic E-state index is -1.03. The van der Waals surface area contributed by atoms with Gasteiger partial charge in [-0.05, 0) is 24.6 Å². The monoisotopic (exact) mass is 368 g/mol. The van der Waals surface area contributed by atoms with Gasteiger partial charge in [-0.25, -0.2) is 6.57 Å². The first kappa shape index (κ1) is 18.3. The zero-order valence-electron chi connectivity index (χ0n) is 14.3. The van der Waals surface area contributed by atoms with E-state index in [2.05, 4.69) is 15.5 Å². The van der Waals surface area contributed by atoms with Crippen molar-refractivity contribution in [1.29, 1.82) is 0 Å². The van der Waals surface area contributed by atoms with Crippen LogP contribution in [0.25, 0.3) is 4.85 Å². The average Bonchev–Trinajstić information content (AvgIpc) is 2.86. The molecule has 1 aromatic carbocycles. The second kappa shape index (κ2) is 7.37. The number of rotatable bonds is 5. The fourth-order valence-corrected chi connectivity index (χ4v) is 3.09. The van der Waals surface area contributed by atoms with Crippen LogP contribution in [0.2, 0.25) is 0 Å². The molecule has 2 heterocycles. The van der Waals surface area contributed by atoms with Gasteiger partial charge in [-0.15, -0.1) is 0 Å². The van der Waals surface area contributed by atoms with Crippen LogP contribution in [0.1, 0.15) is 46.4 Å². The molecule has 2 N–H and O–H groups in total. The minimum absolute atomic E-state index is 0.0513. The maximum absolute atomic E-state index is 12.7. The lowest BCUT2D eigenvalue weighted by Gasteiger charge is -2.27. The molecule has 0 bridgehead atoms. The Labute approximate surface area is 154 Å². The molecule has 27 heavy (non-hydrogen) atoms. The van der Waals surface area contributed by atoms with Crippen molar-refractivity contribution in [2.45, 2.75) is 31.7 Å². The second-order valence-corrected chi connectivity index (χ2v) is 6.24. The van der Waals surface area contributed by atoms with E-state index in [1.807, 2.05) is 0 Å². The molecule has 2 aliphatic rings. The van der Waals surface area contributed by atoms with Gasteiger partial charge >= 0.3 is 0 Å². The Balaban J connectivity index is 1.77. The first-order valence-electron chi connectivity index (χ1n) is 8.41. The van der Waals surface area contributed by atoms with E-state index >= 15 is 0 Å². The number of anilines is 1. The molecule has 5 amide bonds. The Hall–Kier alpha value is -3.54. The van der Waals surface area contributed by atoms with Crippen molar-refractivity contribution in [3.63, 3.8) is 0 Å². The highest BCUT2D eigenvalue weighted by Crippen LogP contribution is 2.29. The molecule has 0 radical (unpaired) electrons. The first-order valence-corrected chi connectivity index (χ1v) is 8.41. The van der Waals surface area contributed by atoms with Crippen molar-refractivity contribution in [1.82, 2.24) is 10.2 Å². The summed E-state index contributed by atoms with van der Waals surface area (Å²) in [5, 5.41) is 4.76. The van der Waals surface area contributed by atoms with Gasteiger partial charge in [-0.1, -0.05) is 0 Å². The van der Waals surface area contributed by atoms with Crippen molar-refractivity contribution in [2.75, 3.05) is 11.9 Å². The van der Waals surface area contributed by atoms with Crippen LogP contribution < -0.4 is 10.6 Å². The molecule has 1 aromatic rings. The van der Waals surface area contributed by atoms with Crippen molar-refractivity contribution >= 4 is 35.2 Å². The van der Waals surface area contributed by atoms with E-state index in [0.717, 1.165) is 4.90 Å². The van der Waals surface area contributed by atoms with E-state index in [4.69, 9.17) is 6.57 Å². The van der Waals surface area contributed by atoms with E-state index < -0.39 is 29.7 Å². The number of nitrogens with zero attached hydrogens (tertiary/aromatic N) is 2. The molecule has 0 spiro atoms. The maximum atomic E-state index is 12.7. The molecule has 0 saturated carbocycles. The standard InChI is InChI=1S/C18H16N4O5/c1-19-8-2-3-14(23)20-10-4-5-11-12(9-10)18(27)22(17(11)26)13-6-7-15(24)21-16(13)25/h4-5,9,13H,2-3,6-8H2,(H,20,23)(H,21,24,25). The molecule has 1 atom stereocenters. The number of nitrogens with one attached hydrogen (secondary N) is 2. The fourth-order valence-electron chi connectivity index (χ4n) is 3.09. The third-order valence-corrected chi connectivity index (χ3v) is 4.40. The lowest BCUT2D eigenvalue weighted by atomic mass is 10.0. The Morgan fingerprint density at radius 1 is 1.22 bits per heavy atom. The summed E-state index contributed by atoms with van der Waals surface area (Å²) in [6.45, 7) is 6.95. The second-order valence-electron chi connectivity index (χ2n) is 6.24. The number of benzene rings is 1.